The number of para-hydroxylation sites is 1. The number of hydrogen-bond acceptors (Lipinski definition) is 4. The highest BCUT2D eigenvalue weighted by molar-refractivity contribution is 6.04. The molecule has 2 N–H and O–H groups in total. The number of nitrogens with zero attached hydrogens (tertiary/aromatic N) is 1. The first-order valence-electron chi connectivity index (χ1n) is 8.22. The lowest BCUT2D eigenvalue weighted by Crippen LogP contribution is -2.39. The summed E-state index contributed by atoms with van der Waals surface area (Å²) in [5.74, 6) is 0.0746. The van der Waals surface area contributed by atoms with Crippen molar-refractivity contribution in [2.24, 2.45) is 0 Å². The Balaban J connectivity index is 1.94. The lowest BCUT2D eigenvalue weighted by Gasteiger charge is -2.13. The highest BCUT2D eigenvalue weighted by Crippen LogP contribution is 2.23. The van der Waals surface area contributed by atoms with Gasteiger partial charge >= 0.3 is 5.69 Å². The summed E-state index contributed by atoms with van der Waals surface area (Å²) in [4.78, 5) is 39.6. The molecule has 3 rings (SSSR count). The Labute approximate surface area is 149 Å². The molecule has 1 amide bonds. The van der Waals surface area contributed by atoms with Crippen LogP contribution in [0.3, 0.4) is 0 Å². The Bertz CT molecular complexity index is 1030. The average Bonchev–Trinajstić information content (AvgIpc) is 3.12. The van der Waals surface area contributed by atoms with Gasteiger partial charge in [0, 0.05) is 11.9 Å². The molecule has 0 aliphatic carbocycles. The van der Waals surface area contributed by atoms with E-state index in [1.165, 1.54) is 6.26 Å². The second-order valence-corrected chi connectivity index (χ2v) is 6.17. The van der Waals surface area contributed by atoms with E-state index in [1.807, 2.05) is 32.0 Å². The molecule has 0 atom stereocenters. The highest BCUT2D eigenvalue weighted by atomic mass is 16.3. The van der Waals surface area contributed by atoms with Gasteiger partial charge < -0.3 is 14.7 Å². The summed E-state index contributed by atoms with van der Waals surface area (Å²) in [5.41, 5.74) is 0.168. The summed E-state index contributed by atoms with van der Waals surface area (Å²) in [7, 11) is 0. The first-order chi connectivity index (χ1) is 12.5. The molecule has 7 heteroatoms. The van der Waals surface area contributed by atoms with Crippen molar-refractivity contribution >= 4 is 11.6 Å². The smallest absolute Gasteiger partial charge is 0.328 e. The van der Waals surface area contributed by atoms with Gasteiger partial charge in [0.1, 0.15) is 11.3 Å². The predicted octanol–water partition coefficient (Wildman–Crippen LogP) is 2.55. The highest BCUT2D eigenvalue weighted by Gasteiger charge is 2.17. The number of carbonyl (C=O) groups is 1. The summed E-state index contributed by atoms with van der Waals surface area (Å²) in [6, 6.07) is 10.7. The van der Waals surface area contributed by atoms with Crippen LogP contribution in [-0.4, -0.2) is 15.5 Å². The summed E-state index contributed by atoms with van der Waals surface area (Å²) in [6.45, 7) is 3.98. The van der Waals surface area contributed by atoms with Crippen molar-refractivity contribution < 1.29 is 9.21 Å². The fraction of sp³-hybridized carbons (Fsp3) is 0.211. The SMILES string of the molecule is CC(C)c1ccccc1NC(=O)c1c[nH]c(=O)n(Cc2ccco2)c1=O. The van der Waals surface area contributed by atoms with Crippen molar-refractivity contribution in [3.8, 4) is 0 Å². The molecule has 0 spiro atoms. The summed E-state index contributed by atoms with van der Waals surface area (Å²) in [5, 5.41) is 2.76. The molecule has 3 aromatic rings. The molecule has 0 aliphatic rings. The van der Waals surface area contributed by atoms with E-state index in [1.54, 1.807) is 18.2 Å². The number of amides is 1. The number of hydrogen-bond donors (Lipinski definition) is 2. The van der Waals surface area contributed by atoms with Crippen LogP contribution in [0, 0.1) is 0 Å². The first-order valence-corrected chi connectivity index (χ1v) is 8.22. The fourth-order valence-electron chi connectivity index (χ4n) is 2.68. The van der Waals surface area contributed by atoms with Crippen molar-refractivity contribution in [3.05, 3.63) is 86.6 Å². The maximum Gasteiger partial charge on any atom is 0.328 e. The third-order valence-electron chi connectivity index (χ3n) is 4.03. The molecule has 7 nitrogen and oxygen atoms in total. The minimum Gasteiger partial charge on any atom is -0.467 e. The number of furan rings is 1. The molecule has 2 heterocycles. The zero-order chi connectivity index (χ0) is 18.7. The van der Waals surface area contributed by atoms with Crippen molar-refractivity contribution in [1.29, 1.82) is 0 Å². The number of rotatable bonds is 5. The number of nitrogens with one attached hydrogen (secondary N) is 2. The Morgan fingerprint density at radius 2 is 1.96 bits per heavy atom. The molecule has 2 aromatic heterocycles. The van der Waals surface area contributed by atoms with E-state index in [-0.39, 0.29) is 18.0 Å². The van der Waals surface area contributed by atoms with Gasteiger partial charge in [-0.1, -0.05) is 32.0 Å². The summed E-state index contributed by atoms with van der Waals surface area (Å²) < 4.78 is 6.11. The van der Waals surface area contributed by atoms with Crippen LogP contribution in [0.15, 0.2) is 62.9 Å². The third-order valence-corrected chi connectivity index (χ3v) is 4.03. The molecule has 0 saturated carbocycles. The van der Waals surface area contributed by atoms with Gasteiger partial charge in [-0.2, -0.15) is 0 Å². The van der Waals surface area contributed by atoms with Crippen molar-refractivity contribution in [2.45, 2.75) is 26.3 Å². The van der Waals surface area contributed by atoms with Gasteiger partial charge in [-0.25, -0.2) is 4.79 Å². The molecular formula is C19H19N3O4. The minimum atomic E-state index is -0.676. The number of H-pyrrole nitrogens is 1. The van der Waals surface area contributed by atoms with Crippen LogP contribution in [0.2, 0.25) is 0 Å². The maximum atomic E-state index is 12.6. The number of aromatic nitrogens is 2. The number of anilines is 1. The largest absolute Gasteiger partial charge is 0.467 e. The zero-order valence-electron chi connectivity index (χ0n) is 14.5. The van der Waals surface area contributed by atoms with Gasteiger partial charge in [-0.3, -0.25) is 14.2 Å². The fourth-order valence-corrected chi connectivity index (χ4v) is 2.68. The standard InChI is InChI=1S/C19H19N3O4/c1-12(2)14-7-3-4-8-16(14)21-17(23)15-10-20-19(25)22(18(15)24)11-13-6-5-9-26-13/h3-10,12H,11H2,1-2H3,(H,20,25)(H,21,23). The Hall–Kier alpha value is -3.35. The molecule has 0 radical (unpaired) electrons. The maximum absolute atomic E-state index is 12.6. The molecule has 0 saturated heterocycles. The Kier molecular flexibility index (Phi) is 4.88. The zero-order valence-corrected chi connectivity index (χ0v) is 14.5. The van der Waals surface area contributed by atoms with E-state index < -0.39 is 17.2 Å². The molecule has 0 aliphatic heterocycles. The van der Waals surface area contributed by atoms with E-state index in [0.29, 0.717) is 11.4 Å². The van der Waals surface area contributed by atoms with E-state index in [0.717, 1.165) is 16.3 Å². The average molecular weight is 353 g/mol. The predicted molar refractivity (Wildman–Crippen MR) is 97.6 cm³/mol. The number of aromatic amines is 1. The molecule has 0 unspecified atom stereocenters. The normalized spacial score (nSPS) is 10.9. The quantitative estimate of drug-likeness (QED) is 0.736. The van der Waals surface area contributed by atoms with Gasteiger partial charge in [0.2, 0.25) is 0 Å². The van der Waals surface area contributed by atoms with E-state index >= 15 is 0 Å². The van der Waals surface area contributed by atoms with Crippen molar-refractivity contribution in [2.75, 3.05) is 5.32 Å². The number of carbonyl (C=O) groups excluding carboxylic acids is 1. The van der Waals surface area contributed by atoms with E-state index in [9.17, 15) is 14.4 Å². The third kappa shape index (κ3) is 3.51. The second-order valence-electron chi connectivity index (χ2n) is 6.17. The first kappa shape index (κ1) is 17.5. The monoisotopic (exact) mass is 353 g/mol. The number of benzene rings is 1. The molecule has 26 heavy (non-hydrogen) atoms. The molecular weight excluding hydrogens is 334 g/mol. The van der Waals surface area contributed by atoms with Gasteiger partial charge in [0.25, 0.3) is 11.5 Å². The van der Waals surface area contributed by atoms with Gasteiger partial charge in [-0.05, 0) is 29.7 Å². The van der Waals surface area contributed by atoms with Gasteiger partial charge in [0.05, 0.1) is 12.8 Å². The van der Waals surface area contributed by atoms with Crippen LogP contribution in [0.4, 0.5) is 5.69 Å². The Morgan fingerprint density at radius 3 is 2.65 bits per heavy atom. The van der Waals surface area contributed by atoms with Gasteiger partial charge in [0.15, 0.2) is 0 Å². The summed E-state index contributed by atoms with van der Waals surface area (Å²) >= 11 is 0. The van der Waals surface area contributed by atoms with E-state index in [4.69, 9.17) is 4.42 Å². The minimum absolute atomic E-state index is 0.0507. The Morgan fingerprint density at radius 1 is 1.19 bits per heavy atom. The second kappa shape index (κ2) is 7.26. The van der Waals surface area contributed by atoms with Crippen molar-refractivity contribution in [1.82, 2.24) is 9.55 Å². The molecule has 1 aromatic carbocycles. The van der Waals surface area contributed by atoms with Gasteiger partial charge in [-0.15, -0.1) is 0 Å². The van der Waals surface area contributed by atoms with Crippen molar-refractivity contribution in [3.63, 3.8) is 0 Å². The lowest BCUT2D eigenvalue weighted by atomic mass is 10.0. The van der Waals surface area contributed by atoms with Crippen LogP contribution in [0.25, 0.3) is 0 Å². The van der Waals surface area contributed by atoms with E-state index in [2.05, 4.69) is 10.3 Å². The van der Waals surface area contributed by atoms with Crippen LogP contribution in [0.1, 0.15) is 41.4 Å². The lowest BCUT2D eigenvalue weighted by molar-refractivity contribution is 0.102. The molecule has 0 bridgehead atoms. The van der Waals surface area contributed by atoms with Crippen LogP contribution >= 0.6 is 0 Å². The van der Waals surface area contributed by atoms with Crippen LogP contribution < -0.4 is 16.6 Å². The van der Waals surface area contributed by atoms with Crippen LogP contribution in [0.5, 0.6) is 0 Å². The van der Waals surface area contributed by atoms with Crippen LogP contribution in [-0.2, 0) is 6.54 Å². The summed E-state index contributed by atoms with van der Waals surface area (Å²) in [6.07, 6.45) is 2.59. The molecule has 134 valence electrons. The molecule has 0 fully saturated rings. The topological polar surface area (TPSA) is 97.1 Å².